The molecule has 0 aliphatic rings. The van der Waals surface area contributed by atoms with E-state index in [9.17, 15) is 0 Å². The maximum Gasteiger partial charge on any atom is 0.191 e. The predicted octanol–water partition coefficient (Wildman–Crippen LogP) is 3.15. The Bertz CT molecular complexity index is 666. The number of nitrogens with zero attached hydrogens (tertiary/aromatic N) is 3. The Labute approximate surface area is 140 Å². The summed E-state index contributed by atoms with van der Waals surface area (Å²) in [6.45, 7) is 2.67. The van der Waals surface area contributed by atoms with E-state index in [1.165, 1.54) is 0 Å². The van der Waals surface area contributed by atoms with E-state index in [1.807, 2.05) is 38.5 Å². The first-order chi connectivity index (χ1) is 10.5. The molecule has 118 valence electrons. The van der Waals surface area contributed by atoms with E-state index in [2.05, 4.69) is 20.7 Å². The average molecular weight is 340 g/mol. The van der Waals surface area contributed by atoms with Crippen LogP contribution in [0.4, 0.5) is 0 Å². The van der Waals surface area contributed by atoms with Crippen molar-refractivity contribution >= 4 is 29.2 Å². The van der Waals surface area contributed by atoms with Gasteiger partial charge in [0.2, 0.25) is 0 Å². The largest absolute Gasteiger partial charge is 0.352 e. The van der Waals surface area contributed by atoms with E-state index in [1.54, 1.807) is 17.8 Å². The molecule has 0 saturated heterocycles. The molecule has 5 nitrogen and oxygen atoms in total. The topological polar surface area (TPSA) is 54.2 Å². The molecule has 1 aromatic heterocycles. The minimum Gasteiger partial charge on any atom is -0.352 e. The minimum atomic E-state index is 0.00450. The first kappa shape index (κ1) is 16.6. The highest BCUT2D eigenvalue weighted by atomic mass is 35.5. The van der Waals surface area contributed by atoms with E-state index in [0.29, 0.717) is 22.5 Å². The predicted molar refractivity (Wildman–Crippen MR) is 91.4 cm³/mol. The zero-order valence-corrected chi connectivity index (χ0v) is 14.3. The SMILES string of the molecule is CN=C(NCc1cnn(C)c1)NC(C)c1ccc(Cl)cc1Cl. The lowest BCUT2D eigenvalue weighted by Gasteiger charge is -2.19. The van der Waals surface area contributed by atoms with Gasteiger partial charge in [-0.05, 0) is 24.6 Å². The van der Waals surface area contributed by atoms with Crippen LogP contribution < -0.4 is 10.6 Å². The summed E-state index contributed by atoms with van der Waals surface area (Å²) >= 11 is 12.2. The highest BCUT2D eigenvalue weighted by Gasteiger charge is 2.11. The molecule has 2 rings (SSSR count). The van der Waals surface area contributed by atoms with E-state index in [0.717, 1.165) is 11.1 Å². The Kier molecular flexibility index (Phi) is 5.69. The van der Waals surface area contributed by atoms with Crippen molar-refractivity contribution in [1.82, 2.24) is 20.4 Å². The summed E-state index contributed by atoms with van der Waals surface area (Å²) in [7, 11) is 3.62. The summed E-state index contributed by atoms with van der Waals surface area (Å²) in [6.07, 6.45) is 3.78. The fourth-order valence-electron chi connectivity index (χ4n) is 2.08. The number of rotatable bonds is 4. The maximum atomic E-state index is 6.23. The highest BCUT2D eigenvalue weighted by molar-refractivity contribution is 6.35. The number of benzene rings is 1. The van der Waals surface area contributed by atoms with Gasteiger partial charge in [-0.25, -0.2) is 0 Å². The number of nitrogens with one attached hydrogen (secondary N) is 2. The van der Waals surface area contributed by atoms with E-state index >= 15 is 0 Å². The lowest BCUT2D eigenvalue weighted by Crippen LogP contribution is -2.38. The Morgan fingerprint density at radius 3 is 2.77 bits per heavy atom. The Morgan fingerprint density at radius 2 is 2.18 bits per heavy atom. The Balaban J connectivity index is 1.97. The number of aromatic nitrogens is 2. The molecule has 7 heteroatoms. The molecule has 0 radical (unpaired) electrons. The van der Waals surface area contributed by atoms with Crippen molar-refractivity contribution in [2.24, 2.45) is 12.0 Å². The molecule has 1 atom stereocenters. The van der Waals surface area contributed by atoms with Gasteiger partial charge in [-0.3, -0.25) is 9.67 Å². The van der Waals surface area contributed by atoms with Crippen LogP contribution in [0.15, 0.2) is 35.6 Å². The second-order valence-corrected chi connectivity index (χ2v) is 5.82. The summed E-state index contributed by atoms with van der Waals surface area (Å²) in [5.41, 5.74) is 2.05. The maximum absolute atomic E-state index is 6.23. The molecule has 2 aromatic rings. The van der Waals surface area contributed by atoms with Crippen LogP contribution >= 0.6 is 23.2 Å². The summed E-state index contributed by atoms with van der Waals surface area (Å²) in [4.78, 5) is 4.22. The fraction of sp³-hybridized carbons (Fsp3) is 0.333. The van der Waals surface area contributed by atoms with Crippen LogP contribution in [-0.4, -0.2) is 22.8 Å². The number of aryl methyl sites for hydroxylation is 1. The number of guanidine groups is 1. The molecule has 22 heavy (non-hydrogen) atoms. The molecule has 0 saturated carbocycles. The van der Waals surface area contributed by atoms with Gasteiger partial charge < -0.3 is 10.6 Å². The molecule has 2 N–H and O–H groups in total. The third kappa shape index (κ3) is 4.39. The van der Waals surface area contributed by atoms with Crippen LogP contribution in [0, 0.1) is 0 Å². The second kappa shape index (κ2) is 7.51. The lowest BCUT2D eigenvalue weighted by atomic mass is 10.1. The lowest BCUT2D eigenvalue weighted by molar-refractivity contribution is 0.685. The highest BCUT2D eigenvalue weighted by Crippen LogP contribution is 2.25. The summed E-state index contributed by atoms with van der Waals surface area (Å²) < 4.78 is 1.77. The standard InChI is InChI=1S/C15H19Cl2N5/c1-10(13-5-4-12(16)6-14(13)17)21-15(18-2)19-7-11-8-20-22(3)9-11/h4-6,8-10H,7H2,1-3H3,(H2,18,19,21). The number of halogens is 2. The molecule has 1 unspecified atom stereocenters. The average Bonchev–Trinajstić information content (AvgIpc) is 2.88. The van der Waals surface area contributed by atoms with Crippen molar-refractivity contribution in [3.63, 3.8) is 0 Å². The smallest absolute Gasteiger partial charge is 0.191 e. The molecule has 0 aliphatic carbocycles. The zero-order chi connectivity index (χ0) is 16.1. The van der Waals surface area contributed by atoms with Gasteiger partial charge in [0.15, 0.2) is 5.96 Å². The van der Waals surface area contributed by atoms with Crippen LogP contribution in [0.5, 0.6) is 0 Å². The first-order valence-corrected chi connectivity index (χ1v) is 7.65. The van der Waals surface area contributed by atoms with Crippen molar-refractivity contribution in [1.29, 1.82) is 0 Å². The Morgan fingerprint density at radius 1 is 1.41 bits per heavy atom. The van der Waals surface area contributed by atoms with Gasteiger partial charge in [0.25, 0.3) is 0 Å². The molecule has 0 fully saturated rings. The summed E-state index contributed by atoms with van der Waals surface area (Å²) in [5.74, 6) is 0.697. The molecule has 1 heterocycles. The van der Waals surface area contributed by atoms with Gasteiger partial charge in [-0.1, -0.05) is 29.3 Å². The normalized spacial score (nSPS) is 13.0. The van der Waals surface area contributed by atoms with Crippen molar-refractivity contribution in [3.8, 4) is 0 Å². The van der Waals surface area contributed by atoms with Crippen LogP contribution in [0.25, 0.3) is 0 Å². The second-order valence-electron chi connectivity index (χ2n) is 4.98. The van der Waals surface area contributed by atoms with Crippen molar-refractivity contribution in [2.75, 3.05) is 7.05 Å². The third-order valence-electron chi connectivity index (χ3n) is 3.22. The molecule has 1 aromatic carbocycles. The van der Waals surface area contributed by atoms with Gasteiger partial charge in [0.1, 0.15) is 0 Å². The quantitative estimate of drug-likeness (QED) is 0.664. The number of aliphatic imine (C=N–C) groups is 1. The van der Waals surface area contributed by atoms with E-state index in [4.69, 9.17) is 23.2 Å². The van der Waals surface area contributed by atoms with Gasteiger partial charge in [0.05, 0.1) is 12.2 Å². The number of hydrogen-bond acceptors (Lipinski definition) is 2. The van der Waals surface area contributed by atoms with Crippen LogP contribution in [0.3, 0.4) is 0 Å². The van der Waals surface area contributed by atoms with E-state index < -0.39 is 0 Å². The molecule has 0 amide bonds. The fourth-order valence-corrected chi connectivity index (χ4v) is 2.65. The van der Waals surface area contributed by atoms with Crippen LogP contribution in [0.1, 0.15) is 24.1 Å². The van der Waals surface area contributed by atoms with Gasteiger partial charge in [-0.2, -0.15) is 5.10 Å². The van der Waals surface area contributed by atoms with Crippen LogP contribution in [-0.2, 0) is 13.6 Å². The summed E-state index contributed by atoms with van der Waals surface area (Å²) in [5, 5.41) is 11.9. The van der Waals surface area contributed by atoms with Gasteiger partial charge in [0, 0.05) is 42.4 Å². The monoisotopic (exact) mass is 339 g/mol. The van der Waals surface area contributed by atoms with Crippen molar-refractivity contribution < 1.29 is 0 Å². The van der Waals surface area contributed by atoms with E-state index in [-0.39, 0.29) is 6.04 Å². The van der Waals surface area contributed by atoms with Crippen LogP contribution in [0.2, 0.25) is 10.0 Å². The molecular formula is C15H19Cl2N5. The third-order valence-corrected chi connectivity index (χ3v) is 3.79. The molecule has 0 bridgehead atoms. The minimum absolute atomic E-state index is 0.00450. The number of hydrogen-bond donors (Lipinski definition) is 2. The van der Waals surface area contributed by atoms with Gasteiger partial charge in [-0.15, -0.1) is 0 Å². The first-order valence-electron chi connectivity index (χ1n) is 6.89. The van der Waals surface area contributed by atoms with Crippen molar-refractivity contribution in [2.45, 2.75) is 19.5 Å². The molecule has 0 spiro atoms. The molecule has 0 aliphatic heterocycles. The summed E-state index contributed by atoms with van der Waals surface area (Å²) in [6, 6.07) is 5.48. The van der Waals surface area contributed by atoms with Crippen molar-refractivity contribution in [3.05, 3.63) is 51.8 Å². The molecular weight excluding hydrogens is 321 g/mol. The van der Waals surface area contributed by atoms with Gasteiger partial charge >= 0.3 is 0 Å². The zero-order valence-electron chi connectivity index (χ0n) is 12.8. The Hall–Kier alpha value is -1.72.